The molecule has 2 heterocycles. The molecule has 0 amide bonds. The second-order valence-corrected chi connectivity index (χ2v) is 8.52. The van der Waals surface area contributed by atoms with Crippen molar-refractivity contribution in [3.05, 3.63) is 0 Å². The van der Waals surface area contributed by atoms with E-state index in [2.05, 4.69) is 10.2 Å². The molecule has 2 rings (SSSR count). The highest BCUT2D eigenvalue weighted by Gasteiger charge is 2.43. The molecular weight excluding hydrogens is 238 g/mol. The summed E-state index contributed by atoms with van der Waals surface area (Å²) in [6, 6.07) is 0.436. The Bertz CT molecular complexity index is 380. The minimum atomic E-state index is -2.95. The molecule has 0 aliphatic carbocycles. The van der Waals surface area contributed by atoms with Crippen LogP contribution in [0.15, 0.2) is 0 Å². The number of piperidine rings is 1. The van der Waals surface area contributed by atoms with Gasteiger partial charge in [-0.25, -0.2) is 8.42 Å². The third-order valence-corrected chi connectivity index (χ3v) is 6.57. The van der Waals surface area contributed by atoms with Gasteiger partial charge in [-0.05, 0) is 26.8 Å². The first-order valence-corrected chi connectivity index (χ1v) is 7.91. The summed E-state index contributed by atoms with van der Waals surface area (Å²) in [6.07, 6.45) is 1.01. The predicted octanol–water partition coefficient (Wildman–Crippen LogP) is -0.815. The van der Waals surface area contributed by atoms with Gasteiger partial charge >= 0.3 is 0 Å². The van der Waals surface area contributed by atoms with E-state index >= 15 is 0 Å². The van der Waals surface area contributed by atoms with Gasteiger partial charge in [-0.3, -0.25) is 4.90 Å². The van der Waals surface area contributed by atoms with Gasteiger partial charge in [0.15, 0.2) is 9.84 Å². The Labute approximate surface area is 104 Å². The van der Waals surface area contributed by atoms with Crippen LogP contribution in [0.1, 0.15) is 20.3 Å². The van der Waals surface area contributed by atoms with E-state index in [1.807, 2.05) is 13.8 Å². The van der Waals surface area contributed by atoms with Crippen molar-refractivity contribution in [1.82, 2.24) is 10.2 Å². The molecule has 3 N–H and O–H groups in total. The summed E-state index contributed by atoms with van der Waals surface area (Å²) in [4.78, 5) is 2.27. The molecule has 0 spiro atoms. The van der Waals surface area contributed by atoms with Crippen LogP contribution in [0.5, 0.6) is 0 Å². The highest BCUT2D eigenvalue weighted by Crippen LogP contribution is 2.26. The maximum absolute atomic E-state index is 11.9. The number of nitrogens with two attached hydrogens (primary N) is 1. The first kappa shape index (κ1) is 13.3. The van der Waals surface area contributed by atoms with Gasteiger partial charge in [-0.2, -0.15) is 0 Å². The number of hydrogen-bond acceptors (Lipinski definition) is 5. The predicted molar refractivity (Wildman–Crippen MR) is 68.7 cm³/mol. The van der Waals surface area contributed by atoms with Crippen LogP contribution in [0.2, 0.25) is 0 Å². The maximum atomic E-state index is 11.9. The van der Waals surface area contributed by atoms with Gasteiger partial charge < -0.3 is 11.1 Å². The van der Waals surface area contributed by atoms with Crippen molar-refractivity contribution < 1.29 is 8.42 Å². The van der Waals surface area contributed by atoms with Crippen molar-refractivity contribution in [2.45, 2.75) is 37.1 Å². The Balaban J connectivity index is 2.10. The summed E-state index contributed by atoms with van der Waals surface area (Å²) in [5.74, 6) is 0.261. The van der Waals surface area contributed by atoms with E-state index in [0.717, 1.165) is 19.5 Å². The molecule has 2 aliphatic heterocycles. The average molecular weight is 261 g/mol. The largest absolute Gasteiger partial charge is 0.325 e. The lowest BCUT2D eigenvalue weighted by Crippen LogP contribution is -2.63. The third-order valence-electron chi connectivity index (χ3n) is 4.03. The number of sulfone groups is 1. The Morgan fingerprint density at radius 3 is 2.71 bits per heavy atom. The zero-order valence-electron chi connectivity index (χ0n) is 10.6. The van der Waals surface area contributed by atoms with E-state index < -0.39 is 14.6 Å². The van der Waals surface area contributed by atoms with Crippen LogP contribution in [-0.2, 0) is 9.84 Å². The highest BCUT2D eigenvalue weighted by molar-refractivity contribution is 7.92. The molecule has 100 valence electrons. The van der Waals surface area contributed by atoms with Crippen LogP contribution in [0.4, 0.5) is 0 Å². The fourth-order valence-electron chi connectivity index (χ4n) is 2.79. The summed E-state index contributed by atoms with van der Waals surface area (Å²) in [5.41, 5.74) is 6.11. The second kappa shape index (κ2) is 4.50. The van der Waals surface area contributed by atoms with Crippen LogP contribution in [0, 0.1) is 0 Å². The van der Waals surface area contributed by atoms with Crippen LogP contribution in [0.25, 0.3) is 0 Å². The number of nitrogens with one attached hydrogen (secondary N) is 1. The van der Waals surface area contributed by atoms with Crippen molar-refractivity contribution in [2.75, 3.05) is 31.9 Å². The summed E-state index contributed by atoms with van der Waals surface area (Å²) in [5, 5.41) is 3.27. The summed E-state index contributed by atoms with van der Waals surface area (Å²) in [7, 11) is -2.95. The standard InChI is InChI=1S/C11H23N3O2S/c1-11(2)8-14(5-6-17(11,15)16)10-3-4-13-7-9(10)12/h9-10,13H,3-8,12H2,1-2H3. The second-order valence-electron chi connectivity index (χ2n) is 5.77. The lowest BCUT2D eigenvalue weighted by molar-refractivity contribution is 0.134. The Morgan fingerprint density at radius 1 is 1.41 bits per heavy atom. The molecule has 2 fully saturated rings. The minimum Gasteiger partial charge on any atom is -0.325 e. The van der Waals surface area contributed by atoms with Gasteiger partial charge in [0.25, 0.3) is 0 Å². The minimum absolute atomic E-state index is 0.111. The molecule has 0 aromatic carbocycles. The van der Waals surface area contributed by atoms with E-state index in [1.165, 1.54) is 0 Å². The highest BCUT2D eigenvalue weighted by atomic mass is 32.2. The lowest BCUT2D eigenvalue weighted by Gasteiger charge is -2.45. The molecule has 0 aromatic heterocycles. The van der Waals surface area contributed by atoms with Crippen molar-refractivity contribution in [3.8, 4) is 0 Å². The van der Waals surface area contributed by atoms with Gasteiger partial charge in [0, 0.05) is 31.7 Å². The fourth-order valence-corrected chi connectivity index (χ4v) is 4.18. The van der Waals surface area contributed by atoms with Crippen molar-refractivity contribution >= 4 is 9.84 Å². The molecule has 2 saturated heterocycles. The molecule has 0 radical (unpaired) electrons. The monoisotopic (exact) mass is 261 g/mol. The van der Waals surface area contributed by atoms with Gasteiger partial charge in [0.2, 0.25) is 0 Å². The molecule has 0 saturated carbocycles. The quantitative estimate of drug-likeness (QED) is 0.645. The number of hydrogen-bond donors (Lipinski definition) is 2. The zero-order valence-corrected chi connectivity index (χ0v) is 11.5. The molecule has 17 heavy (non-hydrogen) atoms. The molecule has 5 nitrogen and oxygen atoms in total. The molecule has 6 heteroatoms. The van der Waals surface area contributed by atoms with Gasteiger partial charge in [0.05, 0.1) is 10.5 Å². The van der Waals surface area contributed by atoms with Gasteiger partial charge in [-0.15, -0.1) is 0 Å². The normalized spacial score (nSPS) is 37.8. The first-order chi connectivity index (χ1) is 7.83. The number of nitrogens with zero attached hydrogens (tertiary/aromatic N) is 1. The SMILES string of the molecule is CC1(C)CN(C2CCNCC2N)CCS1(=O)=O. The van der Waals surface area contributed by atoms with E-state index in [-0.39, 0.29) is 11.8 Å². The van der Waals surface area contributed by atoms with Crippen LogP contribution in [0.3, 0.4) is 0 Å². The Morgan fingerprint density at radius 2 is 2.12 bits per heavy atom. The average Bonchev–Trinajstić information content (AvgIpc) is 2.23. The summed E-state index contributed by atoms with van der Waals surface area (Å²) >= 11 is 0. The zero-order chi connectivity index (χ0) is 12.7. The maximum Gasteiger partial charge on any atom is 0.157 e. The summed E-state index contributed by atoms with van der Waals surface area (Å²) in [6.45, 7) is 6.68. The van der Waals surface area contributed by atoms with E-state index in [9.17, 15) is 8.42 Å². The Kier molecular flexibility index (Phi) is 3.51. The molecule has 0 bridgehead atoms. The van der Waals surface area contributed by atoms with E-state index in [1.54, 1.807) is 0 Å². The van der Waals surface area contributed by atoms with Gasteiger partial charge in [-0.1, -0.05) is 0 Å². The Hall–Kier alpha value is -0.170. The molecule has 0 aromatic rings. The van der Waals surface area contributed by atoms with E-state index in [4.69, 9.17) is 5.73 Å². The molecular formula is C11H23N3O2S. The van der Waals surface area contributed by atoms with Crippen LogP contribution < -0.4 is 11.1 Å². The van der Waals surface area contributed by atoms with E-state index in [0.29, 0.717) is 19.1 Å². The molecule has 2 unspecified atom stereocenters. The number of rotatable bonds is 1. The van der Waals surface area contributed by atoms with Crippen LogP contribution in [-0.4, -0.2) is 62.1 Å². The molecule has 2 aliphatic rings. The fraction of sp³-hybridized carbons (Fsp3) is 1.00. The third kappa shape index (κ3) is 2.50. The first-order valence-electron chi connectivity index (χ1n) is 6.26. The van der Waals surface area contributed by atoms with Crippen LogP contribution >= 0.6 is 0 Å². The summed E-state index contributed by atoms with van der Waals surface area (Å²) < 4.78 is 23.2. The molecule has 2 atom stereocenters. The lowest BCUT2D eigenvalue weighted by atomic mass is 9.98. The van der Waals surface area contributed by atoms with Crippen molar-refractivity contribution in [1.29, 1.82) is 0 Å². The smallest absolute Gasteiger partial charge is 0.157 e. The van der Waals surface area contributed by atoms with Gasteiger partial charge in [0.1, 0.15) is 0 Å². The van der Waals surface area contributed by atoms with Crippen molar-refractivity contribution in [2.24, 2.45) is 5.73 Å². The van der Waals surface area contributed by atoms with Crippen molar-refractivity contribution in [3.63, 3.8) is 0 Å². The topological polar surface area (TPSA) is 75.4 Å².